The van der Waals surface area contributed by atoms with E-state index in [2.05, 4.69) is 5.32 Å². The Bertz CT molecular complexity index is 1400. The van der Waals surface area contributed by atoms with E-state index in [4.69, 9.17) is 47.4 Å². The van der Waals surface area contributed by atoms with E-state index in [9.17, 15) is 64.5 Å². The third-order valence-electron chi connectivity index (χ3n) is 8.77. The molecule has 3 fully saturated rings. The zero-order valence-electron chi connectivity index (χ0n) is 31.2. The van der Waals surface area contributed by atoms with Gasteiger partial charge in [-0.2, -0.15) is 0 Å². The van der Waals surface area contributed by atoms with Crippen molar-refractivity contribution < 1.29 is 112 Å². The third kappa shape index (κ3) is 11.3. The van der Waals surface area contributed by atoms with Crippen molar-refractivity contribution in [3.05, 3.63) is 0 Å². The van der Waals surface area contributed by atoms with Crippen LogP contribution < -0.4 is 5.32 Å². The quantitative estimate of drug-likeness (QED) is 0.0563. The molecule has 0 aromatic heterocycles. The van der Waals surface area contributed by atoms with Crippen molar-refractivity contribution in [2.24, 2.45) is 0 Å². The van der Waals surface area contributed by atoms with Crippen LogP contribution in [0.15, 0.2) is 0 Å². The molecule has 0 bridgehead atoms. The first-order valence-corrected chi connectivity index (χ1v) is 17.1. The van der Waals surface area contributed by atoms with Crippen molar-refractivity contribution in [3.8, 4) is 0 Å². The van der Waals surface area contributed by atoms with Crippen LogP contribution >= 0.6 is 0 Å². The summed E-state index contributed by atoms with van der Waals surface area (Å²) in [5.41, 5.74) is 0. The van der Waals surface area contributed by atoms with Gasteiger partial charge in [0.15, 0.2) is 24.8 Å². The van der Waals surface area contributed by atoms with E-state index in [-0.39, 0.29) is 0 Å². The van der Waals surface area contributed by atoms with Gasteiger partial charge < -0.3 is 88.4 Å². The summed E-state index contributed by atoms with van der Waals surface area (Å²) in [7, 11) is 0.858. The molecule has 0 aromatic carbocycles. The van der Waals surface area contributed by atoms with E-state index in [0.717, 1.165) is 41.7 Å². The minimum atomic E-state index is -2.95. The van der Waals surface area contributed by atoms with Crippen LogP contribution in [-0.4, -0.2) is 196 Å². The Morgan fingerprint density at radius 3 is 1.91 bits per heavy atom. The molecule has 3 heterocycles. The standard InChI is InChI=1S/C32H49NO23/c1-11(36)33-20-16(49-13(3)38)7-32(31(46)47-6,55-27(20)26(51-15(5)40)19(50-14(4)39)10-48-12(2)37)56-28-21(41)17(8-34)53-30(24(28)44)54-25-18(9-35)52-29(45)23(43)22(25)42/h16-30,34-35,41-45H,7-10H2,1-6H3,(H,33,36)/t16-,17+,18+,19+,20+,21-,22+,23+,24+,25+,26+,27+,28-,29+,30-,32+/m0/s1. The molecule has 8 N–H and O–H groups in total. The molecular formula is C32H49NO23. The fourth-order valence-corrected chi connectivity index (χ4v) is 6.43. The summed E-state index contributed by atoms with van der Waals surface area (Å²) in [4.78, 5) is 75.4. The Morgan fingerprint density at radius 1 is 0.768 bits per heavy atom. The largest absolute Gasteiger partial charge is 0.465 e. The number of hydrogen-bond acceptors (Lipinski definition) is 23. The topological polar surface area (TPSA) is 348 Å². The first kappa shape index (κ1) is 46.7. The number of hydrogen-bond donors (Lipinski definition) is 8. The molecule has 0 spiro atoms. The van der Waals surface area contributed by atoms with Gasteiger partial charge in [-0.25, -0.2) is 4.79 Å². The highest BCUT2D eigenvalue weighted by Crippen LogP contribution is 2.40. The van der Waals surface area contributed by atoms with Crippen LogP contribution in [0.4, 0.5) is 0 Å². The predicted octanol–water partition coefficient (Wildman–Crippen LogP) is -5.85. The molecule has 3 aliphatic heterocycles. The SMILES string of the molecule is COC(=O)[C@]1(O[C@H]2[C@@H](O)[C@@H](CO)O[C@@H](O[C@H]3[C@H](O)[C@@H](O)[C@H](O)O[C@@H]3CO)[C@@H]2O)C[C@H](OC(C)=O)[C@@H](NC(C)=O)[C@H]([C@H](OC(C)=O)[C@@H](COC(C)=O)OC(C)=O)O1. The smallest absolute Gasteiger partial charge is 0.366 e. The lowest BCUT2D eigenvalue weighted by atomic mass is 9.87. The summed E-state index contributed by atoms with van der Waals surface area (Å²) in [6, 6.07) is -1.59. The van der Waals surface area contributed by atoms with Crippen LogP contribution in [0.25, 0.3) is 0 Å². The van der Waals surface area contributed by atoms with Crippen molar-refractivity contribution in [2.75, 3.05) is 26.9 Å². The van der Waals surface area contributed by atoms with Crippen LogP contribution in [0.3, 0.4) is 0 Å². The van der Waals surface area contributed by atoms with Crippen LogP contribution in [0.5, 0.6) is 0 Å². The van der Waals surface area contributed by atoms with Crippen molar-refractivity contribution in [2.45, 2.75) is 139 Å². The average Bonchev–Trinajstić information content (AvgIpc) is 3.11. The van der Waals surface area contributed by atoms with Crippen LogP contribution in [-0.2, 0) is 76.1 Å². The number of carbonyl (C=O) groups excluding carboxylic acids is 6. The van der Waals surface area contributed by atoms with Gasteiger partial charge in [0.2, 0.25) is 5.91 Å². The number of amides is 1. The number of rotatable bonds is 15. The highest BCUT2D eigenvalue weighted by molar-refractivity contribution is 5.79. The summed E-state index contributed by atoms with van der Waals surface area (Å²) in [5.74, 6) is -9.12. The lowest BCUT2D eigenvalue weighted by Gasteiger charge is -2.51. The van der Waals surface area contributed by atoms with E-state index in [1.807, 2.05) is 0 Å². The Morgan fingerprint density at radius 2 is 1.39 bits per heavy atom. The lowest BCUT2D eigenvalue weighted by molar-refractivity contribution is -0.385. The Kier molecular flexibility index (Phi) is 16.8. The molecule has 0 aliphatic carbocycles. The maximum absolute atomic E-state index is 13.9. The van der Waals surface area contributed by atoms with Crippen LogP contribution in [0.2, 0.25) is 0 Å². The number of ether oxygens (including phenoxy) is 10. The molecule has 0 unspecified atom stereocenters. The van der Waals surface area contributed by atoms with Gasteiger partial charge in [0.1, 0.15) is 67.6 Å². The van der Waals surface area contributed by atoms with Crippen molar-refractivity contribution in [1.82, 2.24) is 5.32 Å². The molecule has 0 aromatic rings. The van der Waals surface area contributed by atoms with Crippen LogP contribution in [0, 0.1) is 0 Å². The number of carbonyl (C=O) groups is 6. The Labute approximate surface area is 318 Å². The number of aliphatic hydroxyl groups excluding tert-OH is 7. The highest BCUT2D eigenvalue weighted by atomic mass is 16.8. The number of esters is 5. The fourth-order valence-electron chi connectivity index (χ4n) is 6.43. The normalized spacial score (nSPS) is 36.9. The molecule has 320 valence electrons. The zero-order chi connectivity index (χ0) is 42.2. The molecule has 3 aliphatic rings. The minimum Gasteiger partial charge on any atom is -0.465 e. The molecule has 16 atom stereocenters. The van der Waals surface area contributed by atoms with Gasteiger partial charge in [-0.05, 0) is 0 Å². The van der Waals surface area contributed by atoms with Gasteiger partial charge in [-0.1, -0.05) is 0 Å². The summed E-state index contributed by atoms with van der Waals surface area (Å²) in [6.07, 6.45) is -27.7. The lowest BCUT2D eigenvalue weighted by Crippen LogP contribution is -2.71. The van der Waals surface area contributed by atoms with Crippen molar-refractivity contribution >= 4 is 35.8 Å². The summed E-state index contributed by atoms with van der Waals surface area (Å²) < 4.78 is 54.7. The molecule has 3 rings (SSSR count). The van der Waals surface area contributed by atoms with Crippen molar-refractivity contribution in [3.63, 3.8) is 0 Å². The van der Waals surface area contributed by atoms with Gasteiger partial charge in [0, 0.05) is 34.6 Å². The minimum absolute atomic E-state index is 0.786. The molecule has 1 amide bonds. The van der Waals surface area contributed by atoms with Gasteiger partial charge >= 0.3 is 29.8 Å². The highest BCUT2D eigenvalue weighted by Gasteiger charge is 2.62. The van der Waals surface area contributed by atoms with E-state index < -0.39 is 160 Å². The second-order valence-corrected chi connectivity index (χ2v) is 13.0. The summed E-state index contributed by atoms with van der Waals surface area (Å²) >= 11 is 0. The van der Waals surface area contributed by atoms with Gasteiger partial charge in [-0.15, -0.1) is 0 Å². The Balaban J connectivity index is 2.20. The second-order valence-electron chi connectivity index (χ2n) is 13.0. The maximum Gasteiger partial charge on any atom is 0.366 e. The molecule has 24 nitrogen and oxygen atoms in total. The first-order valence-electron chi connectivity index (χ1n) is 17.1. The molecule has 0 radical (unpaired) electrons. The van der Waals surface area contributed by atoms with E-state index >= 15 is 0 Å². The van der Waals surface area contributed by atoms with E-state index in [1.54, 1.807) is 0 Å². The molecular weight excluding hydrogens is 766 g/mol. The fraction of sp³-hybridized carbons (Fsp3) is 0.812. The predicted molar refractivity (Wildman–Crippen MR) is 173 cm³/mol. The van der Waals surface area contributed by atoms with Crippen molar-refractivity contribution in [1.29, 1.82) is 0 Å². The zero-order valence-corrected chi connectivity index (χ0v) is 31.2. The van der Waals surface area contributed by atoms with E-state index in [0.29, 0.717) is 0 Å². The second kappa shape index (κ2) is 20.2. The van der Waals surface area contributed by atoms with Gasteiger partial charge in [-0.3, -0.25) is 24.0 Å². The summed E-state index contributed by atoms with van der Waals surface area (Å²) in [6.45, 7) is 2.19. The van der Waals surface area contributed by atoms with Gasteiger partial charge in [0.25, 0.3) is 5.79 Å². The number of methoxy groups -OCH3 is 1. The maximum atomic E-state index is 13.9. The molecule has 3 saturated heterocycles. The molecule has 56 heavy (non-hydrogen) atoms. The molecule has 24 heteroatoms. The Hall–Kier alpha value is -3.66. The monoisotopic (exact) mass is 815 g/mol. The number of nitrogens with one attached hydrogen (secondary N) is 1. The summed E-state index contributed by atoms with van der Waals surface area (Å²) in [5, 5.41) is 76.0. The van der Waals surface area contributed by atoms with Crippen LogP contribution in [0.1, 0.15) is 41.0 Å². The first-order chi connectivity index (χ1) is 26.2. The van der Waals surface area contributed by atoms with E-state index in [1.165, 1.54) is 0 Å². The number of aliphatic hydroxyl groups is 7. The average molecular weight is 816 g/mol. The molecule has 0 saturated carbocycles. The third-order valence-corrected chi connectivity index (χ3v) is 8.77. The van der Waals surface area contributed by atoms with Gasteiger partial charge in [0.05, 0.1) is 32.8 Å².